The van der Waals surface area contributed by atoms with Crippen molar-refractivity contribution in [2.75, 3.05) is 0 Å². The van der Waals surface area contributed by atoms with Gasteiger partial charge in [-0.2, -0.15) is 0 Å². The second kappa shape index (κ2) is 2.69. The van der Waals surface area contributed by atoms with Crippen LogP contribution >= 0.6 is 34.8 Å². The Kier molecular flexibility index (Phi) is 1.95. The zero-order chi connectivity index (χ0) is 8.01. The molecule has 0 aliphatic heterocycles. The van der Waals surface area contributed by atoms with Crippen molar-refractivity contribution >= 4 is 34.8 Å². The highest BCUT2D eigenvalue weighted by molar-refractivity contribution is 6.44. The Morgan fingerprint density at radius 1 is 1.18 bits per heavy atom. The molecule has 3 heteroatoms. The van der Waals surface area contributed by atoms with Crippen LogP contribution < -0.4 is 0 Å². The van der Waals surface area contributed by atoms with E-state index in [1.807, 2.05) is 0 Å². The van der Waals surface area contributed by atoms with Gasteiger partial charge in [-0.3, -0.25) is 0 Å². The molecule has 0 radical (unpaired) electrons. The summed E-state index contributed by atoms with van der Waals surface area (Å²) in [6.45, 7) is 0. The molecule has 0 aromatic heterocycles. The minimum Gasteiger partial charge on any atom is -0.116 e. The second-order valence-corrected chi connectivity index (χ2v) is 4.27. The van der Waals surface area contributed by atoms with Crippen LogP contribution in [-0.2, 0) is 0 Å². The fourth-order valence-electron chi connectivity index (χ4n) is 1.63. The summed E-state index contributed by atoms with van der Waals surface area (Å²) in [4.78, 5) is 0. The van der Waals surface area contributed by atoms with Gasteiger partial charge in [-0.05, 0) is 12.3 Å². The van der Waals surface area contributed by atoms with Crippen LogP contribution in [0.4, 0.5) is 0 Å². The van der Waals surface area contributed by atoms with Gasteiger partial charge in [-0.25, -0.2) is 0 Å². The molecule has 11 heavy (non-hydrogen) atoms. The fraction of sp³-hybridized carbons (Fsp3) is 0.500. The predicted octanol–water partition coefficient (Wildman–Crippen LogP) is 3.49. The largest absolute Gasteiger partial charge is 0.116 e. The van der Waals surface area contributed by atoms with Gasteiger partial charge in [0.15, 0.2) is 0 Å². The maximum absolute atomic E-state index is 6.03. The third-order valence-electron chi connectivity index (χ3n) is 2.29. The van der Waals surface area contributed by atoms with Crippen molar-refractivity contribution < 1.29 is 0 Å². The van der Waals surface area contributed by atoms with Crippen LogP contribution in [0.25, 0.3) is 0 Å². The Morgan fingerprint density at radius 2 is 1.91 bits per heavy atom. The number of hydrogen-bond donors (Lipinski definition) is 0. The topological polar surface area (TPSA) is 0 Å². The molecule has 0 spiro atoms. The van der Waals surface area contributed by atoms with E-state index < -0.39 is 0 Å². The zero-order valence-electron chi connectivity index (χ0n) is 5.73. The van der Waals surface area contributed by atoms with Gasteiger partial charge in [0.1, 0.15) is 0 Å². The summed E-state index contributed by atoms with van der Waals surface area (Å²) in [7, 11) is 0. The molecule has 0 N–H and O–H groups in total. The molecule has 60 valence electrons. The fourth-order valence-corrected chi connectivity index (χ4v) is 2.57. The van der Waals surface area contributed by atoms with Crippen LogP contribution in [0.2, 0.25) is 0 Å². The number of halogens is 3. The van der Waals surface area contributed by atoms with Crippen molar-refractivity contribution in [2.24, 2.45) is 11.8 Å². The Hall–Kier alpha value is 0.350. The summed E-state index contributed by atoms with van der Waals surface area (Å²) in [5.41, 5.74) is 0. The molecule has 0 heterocycles. The third-order valence-corrected chi connectivity index (χ3v) is 3.96. The lowest BCUT2D eigenvalue weighted by atomic mass is 9.93. The molecule has 0 unspecified atom stereocenters. The molecule has 0 saturated carbocycles. The lowest BCUT2D eigenvalue weighted by Gasteiger charge is -2.24. The number of fused-ring (bicyclic) bond motifs is 2. The predicted molar refractivity (Wildman–Crippen MR) is 49.1 cm³/mol. The van der Waals surface area contributed by atoms with Crippen molar-refractivity contribution in [3.63, 3.8) is 0 Å². The first kappa shape index (κ1) is 7.97. The van der Waals surface area contributed by atoms with Crippen LogP contribution in [0, 0.1) is 11.8 Å². The lowest BCUT2D eigenvalue weighted by molar-refractivity contribution is 0.554. The number of allylic oxidation sites excluding steroid dienone is 4. The summed E-state index contributed by atoms with van der Waals surface area (Å²) < 4.78 is 0. The Morgan fingerprint density at radius 3 is 2.64 bits per heavy atom. The molecule has 0 aromatic carbocycles. The van der Waals surface area contributed by atoms with E-state index in [-0.39, 0.29) is 5.38 Å². The highest BCUT2D eigenvalue weighted by Gasteiger charge is 2.35. The average molecular weight is 210 g/mol. The van der Waals surface area contributed by atoms with Crippen molar-refractivity contribution in [2.45, 2.75) is 11.8 Å². The summed E-state index contributed by atoms with van der Waals surface area (Å²) in [5.74, 6) is 0.737. The van der Waals surface area contributed by atoms with E-state index in [2.05, 4.69) is 12.2 Å². The van der Waals surface area contributed by atoms with E-state index in [1.165, 1.54) is 0 Å². The first-order chi connectivity index (χ1) is 5.20. The number of hydrogen-bond acceptors (Lipinski definition) is 0. The molecule has 0 aromatic rings. The van der Waals surface area contributed by atoms with Gasteiger partial charge in [-0.15, -0.1) is 11.6 Å². The Labute approximate surface area is 80.8 Å². The molecule has 2 aliphatic rings. The summed E-state index contributed by atoms with van der Waals surface area (Å²) in [5, 5.41) is 1.27. The Bertz CT molecular complexity index is 242. The van der Waals surface area contributed by atoms with Crippen LogP contribution in [0.15, 0.2) is 22.2 Å². The highest BCUT2D eigenvalue weighted by atomic mass is 35.5. The van der Waals surface area contributed by atoms with Crippen molar-refractivity contribution in [3.8, 4) is 0 Å². The molecule has 3 atom stereocenters. The molecule has 2 rings (SSSR count). The third kappa shape index (κ3) is 1.12. The SMILES string of the molecule is ClC1=C(Cl)[C@H](Cl)[C@@H]2C=C[C@H]1C2. The molecule has 2 aliphatic carbocycles. The summed E-state index contributed by atoms with van der Waals surface area (Å²) >= 11 is 17.9. The van der Waals surface area contributed by atoms with Crippen LogP contribution in [0.5, 0.6) is 0 Å². The van der Waals surface area contributed by atoms with Crippen molar-refractivity contribution in [3.05, 3.63) is 22.2 Å². The second-order valence-electron chi connectivity index (χ2n) is 2.99. The minimum atomic E-state index is -0.0980. The van der Waals surface area contributed by atoms with Gasteiger partial charge in [0.25, 0.3) is 0 Å². The van der Waals surface area contributed by atoms with E-state index in [9.17, 15) is 0 Å². The molecule has 0 amide bonds. The maximum atomic E-state index is 6.03. The monoisotopic (exact) mass is 208 g/mol. The molecule has 2 bridgehead atoms. The lowest BCUT2D eigenvalue weighted by Crippen LogP contribution is -2.18. The van der Waals surface area contributed by atoms with Gasteiger partial charge >= 0.3 is 0 Å². The summed E-state index contributed by atoms with van der Waals surface area (Å²) in [6.07, 6.45) is 5.24. The zero-order valence-corrected chi connectivity index (χ0v) is 8.00. The normalized spacial score (nSPS) is 41.9. The molecule has 0 fully saturated rings. The van der Waals surface area contributed by atoms with Gasteiger partial charge in [0.05, 0.1) is 10.4 Å². The first-order valence-electron chi connectivity index (χ1n) is 3.57. The highest BCUT2D eigenvalue weighted by Crippen LogP contribution is 2.45. The van der Waals surface area contributed by atoms with Crippen LogP contribution in [0.3, 0.4) is 0 Å². The van der Waals surface area contributed by atoms with Gasteiger partial charge in [0.2, 0.25) is 0 Å². The maximum Gasteiger partial charge on any atom is 0.0766 e. The molecular weight excluding hydrogens is 202 g/mol. The van der Waals surface area contributed by atoms with Crippen LogP contribution in [-0.4, -0.2) is 5.38 Å². The van der Waals surface area contributed by atoms with Gasteiger partial charge in [-0.1, -0.05) is 35.4 Å². The van der Waals surface area contributed by atoms with E-state index in [4.69, 9.17) is 34.8 Å². The van der Waals surface area contributed by atoms with Crippen molar-refractivity contribution in [1.82, 2.24) is 0 Å². The average Bonchev–Trinajstić information content (AvgIpc) is 2.44. The number of alkyl halides is 1. The van der Waals surface area contributed by atoms with E-state index in [0.717, 1.165) is 11.5 Å². The van der Waals surface area contributed by atoms with E-state index in [0.29, 0.717) is 16.9 Å². The summed E-state index contributed by atoms with van der Waals surface area (Å²) in [6, 6.07) is 0. The van der Waals surface area contributed by atoms with Crippen molar-refractivity contribution in [1.29, 1.82) is 0 Å². The Balaban J connectivity index is 2.41. The van der Waals surface area contributed by atoms with Crippen LogP contribution in [0.1, 0.15) is 6.42 Å². The first-order valence-corrected chi connectivity index (χ1v) is 4.77. The van der Waals surface area contributed by atoms with E-state index >= 15 is 0 Å². The minimum absolute atomic E-state index is 0.0980. The quantitative estimate of drug-likeness (QED) is 0.423. The van der Waals surface area contributed by atoms with E-state index in [1.54, 1.807) is 0 Å². The van der Waals surface area contributed by atoms with Gasteiger partial charge < -0.3 is 0 Å². The molecular formula is C8H7Cl3. The smallest absolute Gasteiger partial charge is 0.0766 e. The number of rotatable bonds is 0. The van der Waals surface area contributed by atoms with Gasteiger partial charge in [0, 0.05) is 11.0 Å². The standard InChI is InChI=1S/C8H7Cl3/c9-6-4-1-2-5(3-4)7(10)8(6)11/h1-2,4-6H,3H2/t4-,5+,6-/m1/s1. The molecule has 0 nitrogen and oxygen atoms in total. The molecule has 0 saturated heterocycles.